The average molecular weight is 445 g/mol. The number of benzene rings is 2. The van der Waals surface area contributed by atoms with Crippen LogP contribution in [-0.4, -0.2) is 40.7 Å². The summed E-state index contributed by atoms with van der Waals surface area (Å²) in [4.78, 5) is 51.3. The molecule has 2 aromatic carbocycles. The summed E-state index contributed by atoms with van der Waals surface area (Å²) in [6, 6.07) is 15.5. The van der Waals surface area contributed by atoms with E-state index in [1.54, 1.807) is 0 Å². The molecular formula is C25H23N3O5. The van der Waals surface area contributed by atoms with Crippen LogP contribution in [0, 0.1) is 11.3 Å². The minimum absolute atomic E-state index is 0.0666. The second-order valence-electron chi connectivity index (χ2n) is 8.32. The summed E-state index contributed by atoms with van der Waals surface area (Å²) in [7, 11) is 0. The van der Waals surface area contributed by atoms with Gasteiger partial charge in [0.1, 0.15) is 5.54 Å². The van der Waals surface area contributed by atoms with Crippen molar-refractivity contribution in [1.82, 2.24) is 10.2 Å². The fourth-order valence-electron chi connectivity index (χ4n) is 4.26. The Morgan fingerprint density at radius 1 is 1.00 bits per heavy atom. The first-order valence-electron chi connectivity index (χ1n) is 10.9. The number of carbonyl (C=O) groups is 4. The van der Waals surface area contributed by atoms with Gasteiger partial charge >= 0.3 is 5.97 Å². The molecule has 0 unspecified atom stereocenters. The highest BCUT2D eigenvalue weighted by Gasteiger charge is 2.36. The Labute approximate surface area is 191 Å². The van der Waals surface area contributed by atoms with Gasteiger partial charge in [0, 0.05) is 0 Å². The molecule has 1 aliphatic heterocycles. The molecular weight excluding hydrogens is 422 g/mol. The van der Waals surface area contributed by atoms with Crippen molar-refractivity contribution >= 4 is 23.7 Å². The third kappa shape index (κ3) is 4.62. The number of nitrogens with one attached hydrogen (secondary N) is 1. The summed E-state index contributed by atoms with van der Waals surface area (Å²) >= 11 is 0. The molecule has 1 fully saturated rings. The summed E-state index contributed by atoms with van der Waals surface area (Å²) in [5.41, 5.74) is 0.311. The molecule has 1 saturated carbocycles. The second kappa shape index (κ2) is 9.25. The highest BCUT2D eigenvalue weighted by Crippen LogP contribution is 2.28. The molecule has 2 aromatic rings. The normalized spacial score (nSPS) is 16.6. The van der Waals surface area contributed by atoms with E-state index in [0.29, 0.717) is 12.8 Å². The minimum Gasteiger partial charge on any atom is -0.452 e. The highest BCUT2D eigenvalue weighted by atomic mass is 16.5. The number of carbonyl (C=O) groups excluding carboxylic acids is 4. The first kappa shape index (κ1) is 22.2. The largest absolute Gasteiger partial charge is 0.452 e. The van der Waals surface area contributed by atoms with Crippen molar-refractivity contribution < 1.29 is 23.9 Å². The lowest BCUT2D eigenvalue weighted by molar-refractivity contribution is -0.125. The van der Waals surface area contributed by atoms with Crippen molar-refractivity contribution in [2.24, 2.45) is 0 Å². The number of hydrogen-bond acceptors (Lipinski definition) is 6. The van der Waals surface area contributed by atoms with Crippen molar-refractivity contribution in [3.8, 4) is 6.07 Å². The molecule has 4 rings (SSSR count). The van der Waals surface area contributed by atoms with Gasteiger partial charge in [-0.15, -0.1) is 0 Å². The molecule has 3 amide bonds. The molecule has 0 radical (unpaired) electrons. The maximum atomic E-state index is 12.8. The number of rotatable bonds is 6. The zero-order valence-electron chi connectivity index (χ0n) is 18.0. The maximum Gasteiger partial charge on any atom is 0.338 e. The Hall–Kier alpha value is -3.99. The van der Waals surface area contributed by atoms with Crippen LogP contribution in [0.5, 0.6) is 0 Å². The van der Waals surface area contributed by atoms with E-state index in [9.17, 15) is 24.4 Å². The Bertz CT molecular complexity index is 1150. The Balaban J connectivity index is 1.40. The topological polar surface area (TPSA) is 117 Å². The van der Waals surface area contributed by atoms with Gasteiger partial charge in [-0.1, -0.05) is 49.6 Å². The smallest absolute Gasteiger partial charge is 0.338 e. The number of imide groups is 1. The predicted molar refractivity (Wildman–Crippen MR) is 117 cm³/mol. The van der Waals surface area contributed by atoms with Crippen molar-refractivity contribution in [2.75, 3.05) is 6.61 Å². The van der Waals surface area contributed by atoms with Gasteiger partial charge in [0.05, 0.1) is 29.3 Å². The average Bonchev–Trinajstić information content (AvgIpc) is 3.08. The van der Waals surface area contributed by atoms with Gasteiger partial charge < -0.3 is 10.1 Å². The van der Waals surface area contributed by atoms with Gasteiger partial charge in [0.15, 0.2) is 6.61 Å². The van der Waals surface area contributed by atoms with E-state index in [4.69, 9.17) is 4.74 Å². The number of amides is 3. The highest BCUT2D eigenvalue weighted by molar-refractivity contribution is 6.21. The van der Waals surface area contributed by atoms with E-state index in [0.717, 1.165) is 29.7 Å². The number of nitriles is 1. The van der Waals surface area contributed by atoms with Crippen LogP contribution in [0.1, 0.15) is 68.7 Å². The van der Waals surface area contributed by atoms with Crippen molar-refractivity contribution in [1.29, 1.82) is 5.26 Å². The van der Waals surface area contributed by atoms with Crippen LogP contribution < -0.4 is 5.32 Å². The molecule has 0 spiro atoms. The van der Waals surface area contributed by atoms with Crippen molar-refractivity contribution in [2.45, 2.75) is 44.2 Å². The Morgan fingerprint density at radius 3 is 2.39 bits per heavy atom. The first-order chi connectivity index (χ1) is 15.9. The lowest BCUT2D eigenvalue weighted by Gasteiger charge is -2.31. The van der Waals surface area contributed by atoms with Crippen molar-refractivity contribution in [3.05, 3.63) is 70.8 Å². The molecule has 168 valence electrons. The fraction of sp³-hybridized carbons (Fsp3) is 0.320. The van der Waals surface area contributed by atoms with E-state index in [2.05, 4.69) is 11.4 Å². The zero-order chi connectivity index (χ0) is 23.4. The molecule has 0 atom stereocenters. The molecule has 8 nitrogen and oxygen atoms in total. The predicted octanol–water partition coefficient (Wildman–Crippen LogP) is 2.98. The van der Waals surface area contributed by atoms with Crippen LogP contribution in [0.2, 0.25) is 0 Å². The molecule has 0 saturated heterocycles. The second-order valence-corrected chi connectivity index (χ2v) is 8.32. The maximum absolute atomic E-state index is 12.8. The number of esters is 1. The first-order valence-corrected chi connectivity index (χ1v) is 10.9. The van der Waals surface area contributed by atoms with Gasteiger partial charge in [0.25, 0.3) is 17.7 Å². The van der Waals surface area contributed by atoms with Gasteiger partial charge in [-0.25, -0.2) is 4.79 Å². The summed E-state index contributed by atoms with van der Waals surface area (Å²) in [5.74, 6) is -2.25. The quantitative estimate of drug-likeness (QED) is 0.540. The van der Waals surface area contributed by atoms with Crippen LogP contribution in [0.4, 0.5) is 0 Å². The Morgan fingerprint density at radius 2 is 1.70 bits per heavy atom. The van der Waals surface area contributed by atoms with Crippen LogP contribution in [0.25, 0.3) is 0 Å². The third-order valence-corrected chi connectivity index (χ3v) is 6.02. The molecule has 1 N–H and O–H groups in total. The summed E-state index contributed by atoms with van der Waals surface area (Å²) < 4.78 is 5.10. The van der Waals surface area contributed by atoms with Crippen LogP contribution in [0.15, 0.2) is 48.5 Å². The standard InChI is InChI=1S/C25H23N3O5/c26-16-25(11-5-2-6-12-25)27-21(29)15-33-24(32)18-9-10-19-20(13-18)23(31)28(22(19)30)14-17-7-3-1-4-8-17/h1,3-4,7-10,13H,2,5-6,11-12,14-15H2,(H,27,29). The molecule has 0 aromatic heterocycles. The van der Waals surface area contributed by atoms with Crippen LogP contribution >= 0.6 is 0 Å². The fourth-order valence-corrected chi connectivity index (χ4v) is 4.26. The molecule has 2 aliphatic rings. The van der Waals surface area contributed by atoms with Crippen molar-refractivity contribution in [3.63, 3.8) is 0 Å². The number of fused-ring (bicyclic) bond motifs is 1. The van der Waals surface area contributed by atoms with Crippen LogP contribution in [-0.2, 0) is 16.1 Å². The van der Waals surface area contributed by atoms with E-state index >= 15 is 0 Å². The van der Waals surface area contributed by atoms with Crippen LogP contribution in [0.3, 0.4) is 0 Å². The molecule has 1 aliphatic carbocycles. The monoisotopic (exact) mass is 445 g/mol. The Kier molecular flexibility index (Phi) is 6.22. The minimum atomic E-state index is -0.912. The van der Waals surface area contributed by atoms with Gasteiger partial charge in [-0.2, -0.15) is 5.26 Å². The number of nitrogens with zero attached hydrogens (tertiary/aromatic N) is 2. The number of ether oxygens (including phenoxy) is 1. The summed E-state index contributed by atoms with van der Waals surface area (Å²) in [6.07, 6.45) is 3.89. The third-order valence-electron chi connectivity index (χ3n) is 6.02. The van der Waals surface area contributed by atoms with Gasteiger partial charge in [-0.3, -0.25) is 19.3 Å². The summed E-state index contributed by atoms with van der Waals surface area (Å²) in [6.45, 7) is -0.403. The lowest BCUT2D eigenvalue weighted by Crippen LogP contribution is -2.50. The molecule has 0 bridgehead atoms. The molecule has 33 heavy (non-hydrogen) atoms. The van der Waals surface area contributed by atoms with Gasteiger partial charge in [0.2, 0.25) is 0 Å². The summed E-state index contributed by atoms with van der Waals surface area (Å²) in [5, 5.41) is 12.1. The SMILES string of the molecule is N#CC1(NC(=O)COC(=O)c2ccc3c(c2)C(=O)N(Cc2ccccc2)C3=O)CCCCC1. The number of hydrogen-bond donors (Lipinski definition) is 1. The lowest BCUT2D eigenvalue weighted by atomic mass is 9.83. The molecule has 8 heteroatoms. The zero-order valence-corrected chi connectivity index (χ0v) is 18.0. The van der Waals surface area contributed by atoms with E-state index in [-0.39, 0.29) is 23.2 Å². The van der Waals surface area contributed by atoms with E-state index < -0.39 is 35.8 Å². The van der Waals surface area contributed by atoms with E-state index in [1.165, 1.54) is 18.2 Å². The van der Waals surface area contributed by atoms with Gasteiger partial charge in [-0.05, 0) is 36.6 Å². The van der Waals surface area contributed by atoms with E-state index in [1.807, 2.05) is 30.3 Å². The molecule has 1 heterocycles.